The number of hydrogen-bond donors (Lipinski definition) is 0. The number of benzene rings is 3. The lowest BCUT2D eigenvalue weighted by Gasteiger charge is -2.21. The number of hydrogen-bond acceptors (Lipinski definition) is 1. The standard InChI is InChI=1S/C28H20N2S/c1-28(2)19-9-5-4-7-17(19)26-24(28)18-11-12-21-23-22-15(8-6-10-20(22)29(21)3)16-13-14-31-27(16)30(26)25(18)23/h4-14H,1-3H3. The highest BCUT2D eigenvalue weighted by Gasteiger charge is 2.40. The highest BCUT2D eigenvalue weighted by Crippen LogP contribution is 2.55. The Morgan fingerprint density at radius 1 is 0.774 bits per heavy atom. The molecule has 1 aliphatic rings. The van der Waals surface area contributed by atoms with Gasteiger partial charge < -0.3 is 4.57 Å². The number of aromatic nitrogens is 2. The molecule has 0 bridgehead atoms. The molecule has 0 saturated heterocycles. The van der Waals surface area contributed by atoms with Crippen LogP contribution in [0.1, 0.15) is 25.0 Å². The summed E-state index contributed by atoms with van der Waals surface area (Å²) in [6, 6.07) is 22.8. The summed E-state index contributed by atoms with van der Waals surface area (Å²) in [5.74, 6) is 0. The molecular weight excluding hydrogens is 396 g/mol. The lowest BCUT2D eigenvalue weighted by atomic mass is 9.81. The number of thiophene rings is 1. The third-order valence-electron chi connectivity index (χ3n) is 7.74. The molecule has 148 valence electrons. The third kappa shape index (κ3) is 1.61. The van der Waals surface area contributed by atoms with Crippen molar-refractivity contribution in [2.75, 3.05) is 0 Å². The summed E-state index contributed by atoms with van der Waals surface area (Å²) in [5, 5.41) is 9.15. The summed E-state index contributed by atoms with van der Waals surface area (Å²) in [6.45, 7) is 4.78. The van der Waals surface area contributed by atoms with Gasteiger partial charge in [-0.05, 0) is 40.1 Å². The Labute approximate surface area is 183 Å². The van der Waals surface area contributed by atoms with E-state index in [0.717, 1.165) is 0 Å². The van der Waals surface area contributed by atoms with Crippen LogP contribution in [0.2, 0.25) is 0 Å². The topological polar surface area (TPSA) is 9.34 Å². The molecule has 3 aromatic carbocycles. The van der Waals surface area contributed by atoms with Crippen molar-refractivity contribution in [3.8, 4) is 11.3 Å². The van der Waals surface area contributed by atoms with Crippen molar-refractivity contribution in [2.45, 2.75) is 19.3 Å². The summed E-state index contributed by atoms with van der Waals surface area (Å²) >= 11 is 1.86. The maximum atomic E-state index is 2.60. The maximum Gasteiger partial charge on any atom is 0.108 e. The van der Waals surface area contributed by atoms with E-state index in [0.29, 0.717) is 0 Å². The molecule has 0 amide bonds. The molecule has 0 unspecified atom stereocenters. The van der Waals surface area contributed by atoms with Gasteiger partial charge in [-0.1, -0.05) is 56.3 Å². The van der Waals surface area contributed by atoms with Crippen molar-refractivity contribution in [3.63, 3.8) is 0 Å². The minimum atomic E-state index is -0.0207. The first-order valence-corrected chi connectivity index (χ1v) is 11.7. The molecule has 2 nitrogen and oxygen atoms in total. The van der Waals surface area contributed by atoms with E-state index in [4.69, 9.17) is 0 Å². The van der Waals surface area contributed by atoms with E-state index in [-0.39, 0.29) is 5.41 Å². The number of nitrogens with zero attached hydrogens (tertiary/aromatic N) is 2. The summed E-state index contributed by atoms with van der Waals surface area (Å²) < 4.78 is 4.96. The zero-order valence-corrected chi connectivity index (χ0v) is 18.5. The minimum Gasteiger partial charge on any atom is -0.344 e. The molecule has 3 heteroatoms. The first-order chi connectivity index (χ1) is 15.1. The van der Waals surface area contributed by atoms with Crippen LogP contribution in [0.4, 0.5) is 0 Å². The van der Waals surface area contributed by atoms with Gasteiger partial charge in [0.2, 0.25) is 0 Å². The number of rotatable bonds is 0. The van der Waals surface area contributed by atoms with Crippen molar-refractivity contribution in [1.82, 2.24) is 8.97 Å². The van der Waals surface area contributed by atoms with Gasteiger partial charge in [0.15, 0.2) is 0 Å². The van der Waals surface area contributed by atoms with Gasteiger partial charge in [0.25, 0.3) is 0 Å². The lowest BCUT2D eigenvalue weighted by molar-refractivity contribution is 0.666. The molecule has 0 spiro atoms. The van der Waals surface area contributed by atoms with Crippen LogP contribution in [0.15, 0.2) is 66.0 Å². The van der Waals surface area contributed by atoms with Crippen molar-refractivity contribution < 1.29 is 0 Å². The Bertz CT molecular complexity index is 1870. The molecule has 0 atom stereocenters. The number of aryl methyl sites for hydroxylation is 1. The average Bonchev–Trinajstić information content (AvgIpc) is 3.48. The Kier molecular flexibility index (Phi) is 2.62. The van der Waals surface area contributed by atoms with Crippen LogP contribution >= 0.6 is 11.3 Å². The second-order valence-corrected chi connectivity index (χ2v) is 10.4. The van der Waals surface area contributed by atoms with Crippen molar-refractivity contribution >= 4 is 59.6 Å². The highest BCUT2D eigenvalue weighted by molar-refractivity contribution is 7.17. The van der Waals surface area contributed by atoms with Crippen LogP contribution in [-0.4, -0.2) is 8.97 Å². The normalized spacial score (nSPS) is 15.2. The molecule has 1 aliphatic carbocycles. The predicted octanol–water partition coefficient (Wildman–Crippen LogP) is 7.70. The molecule has 8 rings (SSSR count). The second kappa shape index (κ2) is 4.95. The first-order valence-electron chi connectivity index (χ1n) is 10.9. The molecule has 4 aromatic heterocycles. The summed E-state index contributed by atoms with van der Waals surface area (Å²) in [7, 11) is 2.20. The minimum absolute atomic E-state index is 0.0207. The molecule has 0 fully saturated rings. The van der Waals surface area contributed by atoms with Gasteiger partial charge in [0.1, 0.15) is 4.83 Å². The van der Waals surface area contributed by atoms with E-state index in [1.165, 1.54) is 70.7 Å². The van der Waals surface area contributed by atoms with E-state index >= 15 is 0 Å². The van der Waals surface area contributed by atoms with Crippen LogP contribution in [-0.2, 0) is 12.5 Å². The fourth-order valence-corrected chi connectivity index (χ4v) is 7.39. The van der Waals surface area contributed by atoms with Crippen molar-refractivity contribution in [2.24, 2.45) is 7.05 Å². The van der Waals surface area contributed by atoms with Crippen molar-refractivity contribution in [1.29, 1.82) is 0 Å². The van der Waals surface area contributed by atoms with Gasteiger partial charge >= 0.3 is 0 Å². The van der Waals surface area contributed by atoms with Gasteiger partial charge in [0.05, 0.1) is 16.7 Å². The Balaban J connectivity index is 1.84. The van der Waals surface area contributed by atoms with Gasteiger partial charge in [-0.25, -0.2) is 0 Å². The Hall–Kier alpha value is -3.30. The molecule has 4 heterocycles. The smallest absolute Gasteiger partial charge is 0.108 e. The average molecular weight is 417 g/mol. The van der Waals surface area contributed by atoms with E-state index in [1.54, 1.807) is 0 Å². The van der Waals surface area contributed by atoms with Crippen LogP contribution in [0.5, 0.6) is 0 Å². The first kappa shape index (κ1) is 16.4. The van der Waals surface area contributed by atoms with Crippen LogP contribution in [0, 0.1) is 0 Å². The van der Waals surface area contributed by atoms with Crippen LogP contribution in [0.25, 0.3) is 59.6 Å². The van der Waals surface area contributed by atoms with E-state index in [9.17, 15) is 0 Å². The fourth-order valence-electron chi connectivity index (χ4n) is 6.47. The monoisotopic (exact) mass is 416 g/mol. The van der Waals surface area contributed by atoms with E-state index in [1.807, 2.05) is 11.3 Å². The third-order valence-corrected chi connectivity index (χ3v) is 8.64. The predicted molar refractivity (Wildman–Crippen MR) is 133 cm³/mol. The maximum absolute atomic E-state index is 2.60. The number of fused-ring (bicyclic) bond motifs is 8. The SMILES string of the molecule is Cn1c2cccc3c4ccsc4n4c5c(c6ccc1c(c32)c64)C(C)(C)c1ccccc1-5. The molecule has 0 radical (unpaired) electrons. The summed E-state index contributed by atoms with van der Waals surface area (Å²) in [5.41, 5.74) is 9.66. The van der Waals surface area contributed by atoms with Gasteiger partial charge in [-0.2, -0.15) is 0 Å². The highest BCUT2D eigenvalue weighted by atomic mass is 32.1. The Morgan fingerprint density at radius 2 is 1.61 bits per heavy atom. The molecular formula is C28H20N2S. The van der Waals surface area contributed by atoms with Crippen LogP contribution in [0.3, 0.4) is 0 Å². The molecule has 0 aliphatic heterocycles. The largest absolute Gasteiger partial charge is 0.344 e. The molecule has 31 heavy (non-hydrogen) atoms. The van der Waals surface area contributed by atoms with E-state index < -0.39 is 0 Å². The summed E-state index contributed by atoms with van der Waals surface area (Å²) in [6.07, 6.45) is 0. The van der Waals surface area contributed by atoms with Gasteiger partial charge in [0, 0.05) is 45.1 Å². The summed E-state index contributed by atoms with van der Waals surface area (Å²) in [4.78, 5) is 1.35. The zero-order valence-electron chi connectivity index (χ0n) is 17.7. The fraction of sp³-hybridized carbons (Fsp3) is 0.143. The lowest BCUT2D eigenvalue weighted by Crippen LogP contribution is -2.14. The van der Waals surface area contributed by atoms with Gasteiger partial charge in [-0.15, -0.1) is 11.3 Å². The second-order valence-electron chi connectivity index (χ2n) is 9.48. The van der Waals surface area contributed by atoms with E-state index in [2.05, 4.69) is 95.9 Å². The van der Waals surface area contributed by atoms with Crippen LogP contribution < -0.4 is 0 Å². The van der Waals surface area contributed by atoms with Crippen molar-refractivity contribution in [3.05, 3.63) is 77.2 Å². The quantitative estimate of drug-likeness (QED) is 0.240. The molecule has 7 aromatic rings. The zero-order chi connectivity index (χ0) is 20.6. The van der Waals surface area contributed by atoms with Gasteiger partial charge in [-0.3, -0.25) is 4.40 Å². The molecule has 0 N–H and O–H groups in total. The molecule has 0 saturated carbocycles. The Morgan fingerprint density at radius 3 is 2.52 bits per heavy atom.